The van der Waals surface area contributed by atoms with Gasteiger partial charge in [0.25, 0.3) is 0 Å². The van der Waals surface area contributed by atoms with Gasteiger partial charge in [0.05, 0.1) is 24.9 Å². The van der Waals surface area contributed by atoms with E-state index in [0.29, 0.717) is 6.42 Å². The van der Waals surface area contributed by atoms with E-state index in [1.807, 2.05) is 42.6 Å². The smallest absolute Gasteiger partial charge is 0.228 e. The van der Waals surface area contributed by atoms with Gasteiger partial charge in [0.15, 0.2) is 0 Å². The summed E-state index contributed by atoms with van der Waals surface area (Å²) in [5.74, 6) is -0.317. The topological polar surface area (TPSA) is 87.3 Å². The van der Waals surface area contributed by atoms with Crippen molar-refractivity contribution in [2.24, 2.45) is 0 Å². The average Bonchev–Trinajstić information content (AvgIpc) is 3.21. The third kappa shape index (κ3) is 4.29. The van der Waals surface area contributed by atoms with Crippen molar-refractivity contribution >= 4 is 34.7 Å². The number of nitrogens with one attached hydrogen (secondary N) is 3. The van der Waals surface area contributed by atoms with E-state index in [1.165, 1.54) is 18.3 Å². The van der Waals surface area contributed by atoms with Crippen molar-refractivity contribution in [2.45, 2.75) is 38.8 Å². The normalized spacial score (nSPS) is 14.9. The number of benzene rings is 1. The quantitative estimate of drug-likeness (QED) is 0.730. The van der Waals surface area contributed by atoms with E-state index in [1.54, 1.807) is 0 Å². The lowest BCUT2D eigenvalue weighted by Gasteiger charge is -2.19. The van der Waals surface area contributed by atoms with E-state index < -0.39 is 0 Å². The number of rotatable bonds is 6. The Morgan fingerprint density at radius 3 is 2.77 bits per heavy atom. The molecule has 1 aromatic heterocycles. The van der Waals surface area contributed by atoms with Gasteiger partial charge in [-0.25, -0.2) is 0 Å². The van der Waals surface area contributed by atoms with Gasteiger partial charge in [0, 0.05) is 17.5 Å². The Hall–Kier alpha value is -2.67. The number of thiophene rings is 1. The number of fused-ring (bicyclic) bond motifs is 1. The van der Waals surface area contributed by atoms with Gasteiger partial charge in [-0.2, -0.15) is 0 Å². The minimum Gasteiger partial charge on any atom is -0.350 e. The van der Waals surface area contributed by atoms with Crippen LogP contribution in [0.15, 0.2) is 35.7 Å². The minimum absolute atomic E-state index is 0.0112. The van der Waals surface area contributed by atoms with Crippen LogP contribution in [0.4, 0.5) is 5.69 Å². The van der Waals surface area contributed by atoms with Crippen molar-refractivity contribution < 1.29 is 14.4 Å². The van der Waals surface area contributed by atoms with Gasteiger partial charge < -0.3 is 16.0 Å². The maximum absolute atomic E-state index is 12.5. The standard InChI is InChI=1S/C19H21N3O3S/c1-11(13-5-6-15-14(8-13)9-18(24)22-15)20-19(25)10-16(21-12(2)23)17-4-3-7-26-17/h3-8,11,16H,9-10H2,1-2H3,(H,20,25)(H,21,23)(H,22,24). The van der Waals surface area contributed by atoms with Crippen LogP contribution < -0.4 is 16.0 Å². The van der Waals surface area contributed by atoms with Crippen LogP contribution in [0.1, 0.15) is 48.4 Å². The second kappa shape index (κ2) is 7.70. The summed E-state index contributed by atoms with van der Waals surface area (Å²) < 4.78 is 0. The van der Waals surface area contributed by atoms with Gasteiger partial charge >= 0.3 is 0 Å². The number of carbonyl (C=O) groups is 3. The van der Waals surface area contributed by atoms with E-state index >= 15 is 0 Å². The van der Waals surface area contributed by atoms with Crippen molar-refractivity contribution in [1.29, 1.82) is 0 Å². The molecule has 1 aliphatic rings. The Kier molecular flexibility index (Phi) is 5.37. The van der Waals surface area contributed by atoms with E-state index in [2.05, 4.69) is 16.0 Å². The largest absolute Gasteiger partial charge is 0.350 e. The summed E-state index contributed by atoms with van der Waals surface area (Å²) in [6.07, 6.45) is 0.544. The molecule has 2 aromatic rings. The second-order valence-electron chi connectivity index (χ2n) is 6.40. The summed E-state index contributed by atoms with van der Waals surface area (Å²) in [4.78, 5) is 36.3. The summed E-state index contributed by atoms with van der Waals surface area (Å²) in [6, 6.07) is 9.00. The second-order valence-corrected chi connectivity index (χ2v) is 7.38. The summed E-state index contributed by atoms with van der Waals surface area (Å²) in [7, 11) is 0. The monoisotopic (exact) mass is 371 g/mol. The third-order valence-electron chi connectivity index (χ3n) is 4.29. The fourth-order valence-electron chi connectivity index (χ4n) is 3.05. The van der Waals surface area contributed by atoms with Crippen molar-refractivity contribution in [2.75, 3.05) is 5.32 Å². The molecule has 0 fully saturated rings. The van der Waals surface area contributed by atoms with Gasteiger partial charge in [0.2, 0.25) is 17.7 Å². The number of hydrogen-bond acceptors (Lipinski definition) is 4. The van der Waals surface area contributed by atoms with Gasteiger partial charge in [-0.05, 0) is 35.6 Å². The molecule has 136 valence electrons. The third-order valence-corrected chi connectivity index (χ3v) is 5.27. The molecular weight excluding hydrogens is 350 g/mol. The number of anilines is 1. The maximum atomic E-state index is 12.5. The molecule has 0 saturated heterocycles. The Bertz CT molecular complexity index is 833. The van der Waals surface area contributed by atoms with Crippen LogP contribution in [0.2, 0.25) is 0 Å². The number of hydrogen-bond donors (Lipinski definition) is 3. The maximum Gasteiger partial charge on any atom is 0.228 e. The van der Waals surface area contributed by atoms with E-state index in [-0.39, 0.29) is 36.2 Å². The molecule has 3 N–H and O–H groups in total. The van der Waals surface area contributed by atoms with E-state index in [0.717, 1.165) is 21.7 Å². The first-order chi connectivity index (χ1) is 12.4. The highest BCUT2D eigenvalue weighted by Crippen LogP contribution is 2.27. The van der Waals surface area contributed by atoms with Crippen LogP contribution in [0.3, 0.4) is 0 Å². The van der Waals surface area contributed by atoms with Crippen LogP contribution in [-0.2, 0) is 20.8 Å². The first-order valence-corrected chi connectivity index (χ1v) is 9.33. The molecule has 6 nitrogen and oxygen atoms in total. The molecule has 3 rings (SSSR count). The Labute approximate surface area is 156 Å². The molecule has 1 aliphatic heterocycles. The predicted octanol–water partition coefficient (Wildman–Crippen LogP) is 2.69. The Morgan fingerprint density at radius 1 is 1.27 bits per heavy atom. The minimum atomic E-state index is -0.332. The lowest BCUT2D eigenvalue weighted by Crippen LogP contribution is -2.33. The summed E-state index contributed by atoms with van der Waals surface area (Å²) >= 11 is 1.51. The van der Waals surface area contributed by atoms with Crippen LogP contribution in [-0.4, -0.2) is 17.7 Å². The lowest BCUT2D eigenvalue weighted by atomic mass is 10.0. The molecule has 0 saturated carbocycles. The lowest BCUT2D eigenvalue weighted by molar-refractivity contribution is -0.123. The average molecular weight is 371 g/mol. The van der Waals surface area contributed by atoms with E-state index in [4.69, 9.17) is 0 Å². The zero-order chi connectivity index (χ0) is 18.7. The zero-order valence-electron chi connectivity index (χ0n) is 14.7. The van der Waals surface area contributed by atoms with Crippen LogP contribution >= 0.6 is 11.3 Å². The molecule has 2 heterocycles. The molecule has 2 unspecified atom stereocenters. The Balaban J connectivity index is 1.64. The van der Waals surface area contributed by atoms with Gasteiger partial charge in [0.1, 0.15) is 0 Å². The predicted molar refractivity (Wildman–Crippen MR) is 101 cm³/mol. The van der Waals surface area contributed by atoms with Crippen LogP contribution in [0.5, 0.6) is 0 Å². The summed E-state index contributed by atoms with van der Waals surface area (Å²) in [6.45, 7) is 3.35. The molecule has 1 aromatic carbocycles. The molecule has 26 heavy (non-hydrogen) atoms. The summed E-state index contributed by atoms with van der Waals surface area (Å²) in [5.41, 5.74) is 2.73. The van der Waals surface area contributed by atoms with E-state index in [9.17, 15) is 14.4 Å². The molecule has 7 heteroatoms. The SMILES string of the molecule is CC(=O)NC(CC(=O)NC(C)c1ccc2c(c1)CC(=O)N2)c1cccs1. The van der Waals surface area contributed by atoms with Gasteiger partial charge in [-0.1, -0.05) is 18.2 Å². The summed E-state index contributed by atoms with van der Waals surface area (Å²) in [5, 5.41) is 10.5. The molecule has 3 amide bonds. The van der Waals surface area contributed by atoms with Crippen molar-refractivity contribution in [3.8, 4) is 0 Å². The first-order valence-electron chi connectivity index (χ1n) is 8.45. The van der Waals surface area contributed by atoms with Crippen LogP contribution in [0, 0.1) is 0 Å². The zero-order valence-corrected chi connectivity index (χ0v) is 15.5. The highest BCUT2D eigenvalue weighted by atomic mass is 32.1. The Morgan fingerprint density at radius 2 is 2.08 bits per heavy atom. The highest BCUT2D eigenvalue weighted by Gasteiger charge is 2.21. The molecular formula is C19H21N3O3S. The number of amides is 3. The van der Waals surface area contributed by atoms with Crippen molar-refractivity contribution in [1.82, 2.24) is 10.6 Å². The molecule has 0 aliphatic carbocycles. The molecule has 0 spiro atoms. The number of carbonyl (C=O) groups excluding carboxylic acids is 3. The van der Waals surface area contributed by atoms with Crippen molar-refractivity contribution in [3.05, 3.63) is 51.7 Å². The van der Waals surface area contributed by atoms with Gasteiger partial charge in [-0.15, -0.1) is 11.3 Å². The van der Waals surface area contributed by atoms with Crippen molar-refractivity contribution in [3.63, 3.8) is 0 Å². The fourth-order valence-corrected chi connectivity index (χ4v) is 3.82. The molecule has 0 radical (unpaired) electrons. The molecule has 0 bridgehead atoms. The highest BCUT2D eigenvalue weighted by molar-refractivity contribution is 7.10. The first kappa shape index (κ1) is 18.1. The van der Waals surface area contributed by atoms with Crippen LogP contribution in [0.25, 0.3) is 0 Å². The fraction of sp³-hybridized carbons (Fsp3) is 0.316. The van der Waals surface area contributed by atoms with Gasteiger partial charge in [-0.3, -0.25) is 14.4 Å². The molecule has 2 atom stereocenters.